The van der Waals surface area contributed by atoms with Gasteiger partial charge in [0.25, 0.3) is 5.91 Å². The van der Waals surface area contributed by atoms with Crippen LogP contribution in [0.25, 0.3) is 0 Å². The standard InChI is InChI=1S/C13H17ClN4O2.ClH/c14-11-3-2-9(18-7-6-17-13(18)20)8-10(11)12(19)16-5-1-4-15;/h2-3,8H,1,4-7,15H2,(H,16,19)(H,17,20);1H. The van der Waals surface area contributed by atoms with Gasteiger partial charge in [0.05, 0.1) is 10.6 Å². The lowest BCUT2D eigenvalue weighted by Gasteiger charge is -2.16. The molecule has 21 heavy (non-hydrogen) atoms. The molecule has 0 spiro atoms. The van der Waals surface area contributed by atoms with Crippen LogP contribution in [0.15, 0.2) is 18.2 Å². The molecule has 0 unspecified atom stereocenters. The highest BCUT2D eigenvalue weighted by Gasteiger charge is 2.22. The molecule has 1 saturated heterocycles. The average Bonchev–Trinajstić information content (AvgIpc) is 2.86. The largest absolute Gasteiger partial charge is 0.352 e. The van der Waals surface area contributed by atoms with Crippen LogP contribution in [0, 0.1) is 0 Å². The third-order valence-electron chi connectivity index (χ3n) is 3.03. The van der Waals surface area contributed by atoms with Gasteiger partial charge in [-0.3, -0.25) is 9.69 Å². The van der Waals surface area contributed by atoms with Gasteiger partial charge in [-0.05, 0) is 31.2 Å². The Morgan fingerprint density at radius 3 is 2.86 bits per heavy atom. The summed E-state index contributed by atoms with van der Waals surface area (Å²) in [7, 11) is 0. The minimum atomic E-state index is -0.259. The number of carbonyl (C=O) groups excluding carboxylic acids is 2. The zero-order valence-electron chi connectivity index (χ0n) is 11.4. The van der Waals surface area contributed by atoms with Crippen LogP contribution in [-0.2, 0) is 0 Å². The van der Waals surface area contributed by atoms with Crippen LogP contribution in [0.2, 0.25) is 5.02 Å². The highest BCUT2D eigenvalue weighted by molar-refractivity contribution is 6.34. The normalized spacial score (nSPS) is 13.6. The molecule has 1 aromatic carbocycles. The van der Waals surface area contributed by atoms with E-state index in [0.29, 0.717) is 48.9 Å². The van der Waals surface area contributed by atoms with Crippen LogP contribution < -0.4 is 21.3 Å². The molecule has 1 aliphatic heterocycles. The summed E-state index contributed by atoms with van der Waals surface area (Å²) in [4.78, 5) is 25.2. The Bertz CT molecular complexity index is 525. The summed E-state index contributed by atoms with van der Waals surface area (Å²) < 4.78 is 0. The Kier molecular flexibility index (Phi) is 6.74. The molecule has 0 bridgehead atoms. The van der Waals surface area contributed by atoms with Gasteiger partial charge in [0.2, 0.25) is 0 Å². The molecule has 0 aliphatic carbocycles. The topological polar surface area (TPSA) is 87.5 Å². The van der Waals surface area contributed by atoms with Crippen molar-refractivity contribution in [1.29, 1.82) is 0 Å². The highest BCUT2D eigenvalue weighted by atomic mass is 35.5. The fraction of sp³-hybridized carbons (Fsp3) is 0.385. The van der Waals surface area contributed by atoms with Gasteiger partial charge in [0.15, 0.2) is 0 Å². The number of urea groups is 1. The number of rotatable bonds is 5. The first-order valence-corrected chi connectivity index (χ1v) is 6.84. The van der Waals surface area contributed by atoms with Gasteiger partial charge in [-0.1, -0.05) is 11.6 Å². The van der Waals surface area contributed by atoms with Gasteiger partial charge >= 0.3 is 6.03 Å². The van der Waals surface area contributed by atoms with E-state index in [1.54, 1.807) is 23.1 Å². The van der Waals surface area contributed by atoms with Crippen LogP contribution in [0.3, 0.4) is 0 Å². The van der Waals surface area contributed by atoms with Crippen molar-refractivity contribution in [3.8, 4) is 0 Å². The molecule has 1 fully saturated rings. The second-order valence-electron chi connectivity index (χ2n) is 4.45. The number of hydrogen-bond donors (Lipinski definition) is 3. The van der Waals surface area contributed by atoms with Crippen molar-refractivity contribution in [2.45, 2.75) is 6.42 Å². The van der Waals surface area contributed by atoms with Crippen molar-refractivity contribution < 1.29 is 9.59 Å². The first kappa shape index (κ1) is 17.6. The molecular weight excluding hydrogens is 315 g/mol. The molecule has 1 aromatic rings. The zero-order valence-corrected chi connectivity index (χ0v) is 13.0. The average molecular weight is 333 g/mol. The van der Waals surface area contributed by atoms with E-state index in [1.807, 2.05) is 0 Å². The van der Waals surface area contributed by atoms with Crippen molar-refractivity contribution in [3.63, 3.8) is 0 Å². The van der Waals surface area contributed by atoms with E-state index < -0.39 is 0 Å². The molecule has 2 rings (SSSR count). The fourth-order valence-corrected chi connectivity index (χ4v) is 2.18. The number of hydrogen-bond acceptors (Lipinski definition) is 3. The van der Waals surface area contributed by atoms with Gasteiger partial charge in [-0.2, -0.15) is 0 Å². The van der Waals surface area contributed by atoms with E-state index in [4.69, 9.17) is 17.3 Å². The number of nitrogens with two attached hydrogens (primary N) is 1. The van der Waals surface area contributed by atoms with Crippen LogP contribution >= 0.6 is 24.0 Å². The second-order valence-corrected chi connectivity index (χ2v) is 4.85. The summed E-state index contributed by atoms with van der Waals surface area (Å²) in [5.41, 5.74) is 6.40. The van der Waals surface area contributed by atoms with Crippen LogP contribution in [-0.4, -0.2) is 38.1 Å². The number of amides is 3. The van der Waals surface area contributed by atoms with Crippen LogP contribution in [0.4, 0.5) is 10.5 Å². The summed E-state index contributed by atoms with van der Waals surface area (Å²) >= 11 is 6.04. The number of nitrogens with zero attached hydrogens (tertiary/aromatic N) is 1. The van der Waals surface area contributed by atoms with Crippen molar-refractivity contribution in [3.05, 3.63) is 28.8 Å². The molecule has 3 amide bonds. The summed E-state index contributed by atoms with van der Waals surface area (Å²) in [5.74, 6) is -0.259. The minimum Gasteiger partial charge on any atom is -0.352 e. The molecule has 116 valence electrons. The van der Waals surface area contributed by atoms with Crippen molar-refractivity contribution in [1.82, 2.24) is 10.6 Å². The predicted octanol–water partition coefficient (Wildman–Crippen LogP) is 1.37. The Balaban J connectivity index is 0.00000220. The number of anilines is 1. The Morgan fingerprint density at radius 2 is 2.24 bits per heavy atom. The Morgan fingerprint density at radius 1 is 1.48 bits per heavy atom. The minimum absolute atomic E-state index is 0. The number of benzene rings is 1. The van der Waals surface area contributed by atoms with E-state index in [2.05, 4.69) is 10.6 Å². The van der Waals surface area contributed by atoms with Gasteiger partial charge < -0.3 is 16.4 Å². The quantitative estimate of drug-likeness (QED) is 0.711. The van der Waals surface area contributed by atoms with Crippen molar-refractivity contribution in [2.75, 3.05) is 31.1 Å². The molecule has 4 N–H and O–H groups in total. The molecule has 0 saturated carbocycles. The maximum absolute atomic E-state index is 12.0. The van der Waals surface area contributed by atoms with Gasteiger partial charge in [0, 0.05) is 25.3 Å². The number of halogens is 2. The summed E-state index contributed by atoms with van der Waals surface area (Å²) in [6.07, 6.45) is 0.706. The maximum Gasteiger partial charge on any atom is 0.321 e. The zero-order chi connectivity index (χ0) is 14.5. The molecule has 0 atom stereocenters. The number of nitrogens with one attached hydrogen (secondary N) is 2. The van der Waals surface area contributed by atoms with Gasteiger partial charge in [-0.25, -0.2) is 4.79 Å². The Hall–Kier alpha value is -1.50. The van der Waals surface area contributed by atoms with Crippen molar-refractivity contribution >= 4 is 41.6 Å². The summed E-state index contributed by atoms with van der Waals surface area (Å²) in [6.45, 7) is 2.19. The SMILES string of the molecule is Cl.NCCCNC(=O)c1cc(N2CCNC2=O)ccc1Cl. The molecular formula is C13H18Cl2N4O2. The van der Waals surface area contributed by atoms with E-state index in [-0.39, 0.29) is 24.3 Å². The molecule has 8 heteroatoms. The van der Waals surface area contributed by atoms with E-state index >= 15 is 0 Å². The third kappa shape index (κ3) is 4.23. The molecule has 0 aromatic heterocycles. The van der Waals surface area contributed by atoms with Gasteiger partial charge in [0.1, 0.15) is 0 Å². The lowest BCUT2D eigenvalue weighted by Crippen LogP contribution is -2.29. The smallest absolute Gasteiger partial charge is 0.321 e. The first-order chi connectivity index (χ1) is 9.63. The van der Waals surface area contributed by atoms with Crippen molar-refractivity contribution in [2.24, 2.45) is 5.73 Å². The first-order valence-electron chi connectivity index (χ1n) is 6.46. The van der Waals surface area contributed by atoms with E-state index in [1.165, 1.54) is 0 Å². The number of carbonyl (C=O) groups is 2. The predicted molar refractivity (Wildman–Crippen MR) is 85.4 cm³/mol. The molecule has 0 radical (unpaired) electrons. The summed E-state index contributed by atoms with van der Waals surface area (Å²) in [6, 6.07) is 4.82. The molecule has 1 aliphatic rings. The second kappa shape index (κ2) is 8.07. The fourth-order valence-electron chi connectivity index (χ4n) is 1.97. The maximum atomic E-state index is 12.0. The van der Waals surface area contributed by atoms with Crippen LogP contribution in [0.5, 0.6) is 0 Å². The third-order valence-corrected chi connectivity index (χ3v) is 3.36. The molecule has 6 nitrogen and oxygen atoms in total. The molecule has 1 heterocycles. The van der Waals surface area contributed by atoms with E-state index in [9.17, 15) is 9.59 Å². The van der Waals surface area contributed by atoms with E-state index in [0.717, 1.165) is 0 Å². The highest BCUT2D eigenvalue weighted by Crippen LogP contribution is 2.24. The lowest BCUT2D eigenvalue weighted by molar-refractivity contribution is 0.0953. The monoisotopic (exact) mass is 332 g/mol. The summed E-state index contributed by atoms with van der Waals surface area (Å²) in [5, 5.41) is 5.82. The lowest BCUT2D eigenvalue weighted by atomic mass is 10.1. The Labute approximate surface area is 134 Å². The van der Waals surface area contributed by atoms with Crippen LogP contribution in [0.1, 0.15) is 16.8 Å². The van der Waals surface area contributed by atoms with Gasteiger partial charge in [-0.15, -0.1) is 12.4 Å².